The lowest BCUT2D eigenvalue weighted by Crippen LogP contribution is -2.38. The molecule has 3 N–H and O–H groups in total. The van der Waals surface area contributed by atoms with Gasteiger partial charge in [0.25, 0.3) is 0 Å². The third kappa shape index (κ3) is 2.73. The molecule has 0 spiro atoms. The maximum absolute atomic E-state index is 14.3. The molecule has 0 bridgehead atoms. The van der Waals surface area contributed by atoms with E-state index in [0.717, 1.165) is 13.0 Å². The third-order valence-electron chi connectivity index (χ3n) is 4.13. The van der Waals surface area contributed by atoms with Gasteiger partial charge in [0.05, 0.1) is 17.4 Å². The lowest BCUT2D eigenvalue weighted by atomic mass is 10.2. The summed E-state index contributed by atoms with van der Waals surface area (Å²) in [4.78, 5) is 0. The summed E-state index contributed by atoms with van der Waals surface area (Å²) in [5.74, 6) is -0.489. The molecule has 0 amide bonds. The summed E-state index contributed by atoms with van der Waals surface area (Å²) >= 11 is 0. The van der Waals surface area contributed by atoms with Crippen molar-refractivity contribution in [2.75, 3.05) is 22.2 Å². The van der Waals surface area contributed by atoms with E-state index in [0.29, 0.717) is 11.4 Å². The minimum atomic E-state index is -3.39. The molecule has 0 saturated heterocycles. The minimum absolute atomic E-state index is 0.125. The fourth-order valence-electron chi connectivity index (χ4n) is 3.00. The van der Waals surface area contributed by atoms with Crippen molar-refractivity contribution < 1.29 is 13.5 Å². The van der Waals surface area contributed by atoms with Crippen LogP contribution in [0.25, 0.3) is 0 Å². The average molecular weight is 351 g/mol. The maximum Gasteiger partial charge on any atom is 0.148 e. The van der Waals surface area contributed by atoms with Crippen LogP contribution < -0.4 is 13.9 Å². The van der Waals surface area contributed by atoms with Gasteiger partial charge in [-0.3, -0.25) is 9.11 Å². The number of benzene rings is 2. The van der Waals surface area contributed by atoms with Crippen molar-refractivity contribution in [1.82, 2.24) is 5.32 Å². The van der Waals surface area contributed by atoms with Gasteiger partial charge in [0.15, 0.2) is 0 Å². The number of halogens is 1. The molecule has 7 heteroatoms. The molecule has 1 heterocycles. The highest BCUT2D eigenvalue weighted by Crippen LogP contribution is 2.65. The van der Waals surface area contributed by atoms with Gasteiger partial charge in [-0.1, -0.05) is 24.3 Å². The fourth-order valence-corrected chi connectivity index (χ4v) is 5.01. The van der Waals surface area contributed by atoms with E-state index in [9.17, 15) is 13.5 Å². The lowest BCUT2D eigenvalue weighted by Gasteiger charge is -2.46. The topological polar surface area (TPSA) is 59.0 Å². The zero-order valence-corrected chi connectivity index (χ0v) is 14.5. The molecular formula is C17H22FN3O2S. The molecule has 0 aliphatic carbocycles. The van der Waals surface area contributed by atoms with Crippen LogP contribution >= 0.6 is 11.0 Å². The first-order chi connectivity index (χ1) is 11.5. The van der Waals surface area contributed by atoms with E-state index >= 15 is 0 Å². The second-order valence-electron chi connectivity index (χ2n) is 5.79. The Hall–Kier alpha value is -1.80. The van der Waals surface area contributed by atoms with Crippen LogP contribution in [0.15, 0.2) is 48.5 Å². The Balaban J connectivity index is 2.10. The van der Waals surface area contributed by atoms with Gasteiger partial charge >= 0.3 is 0 Å². The van der Waals surface area contributed by atoms with Gasteiger partial charge < -0.3 is 5.32 Å². The van der Waals surface area contributed by atoms with Crippen LogP contribution in [0, 0.1) is 5.82 Å². The van der Waals surface area contributed by atoms with Gasteiger partial charge in [-0.15, -0.1) is 0 Å². The van der Waals surface area contributed by atoms with E-state index in [1.54, 1.807) is 28.6 Å². The molecule has 2 aromatic carbocycles. The zero-order valence-electron chi connectivity index (χ0n) is 13.7. The molecule has 3 rings (SSSR count). The summed E-state index contributed by atoms with van der Waals surface area (Å²) in [5, 5.41) is 3.07. The normalized spacial score (nSPS) is 18.4. The average Bonchev–Trinajstić information content (AvgIpc) is 2.79. The SMILES string of the molecule is CNCCC(C)N1c2ccccc2N(c2ccccc2F)S1(O)O. The number of nitrogens with one attached hydrogen (secondary N) is 1. The van der Waals surface area contributed by atoms with Crippen molar-refractivity contribution >= 4 is 28.0 Å². The van der Waals surface area contributed by atoms with Gasteiger partial charge in [-0.05, 0) is 62.2 Å². The molecule has 1 unspecified atom stereocenters. The van der Waals surface area contributed by atoms with E-state index < -0.39 is 16.8 Å². The van der Waals surface area contributed by atoms with Gasteiger partial charge in [0.2, 0.25) is 0 Å². The van der Waals surface area contributed by atoms with Crippen LogP contribution in [0.1, 0.15) is 13.3 Å². The van der Waals surface area contributed by atoms with Crippen molar-refractivity contribution in [3.63, 3.8) is 0 Å². The van der Waals surface area contributed by atoms with Crippen LogP contribution in [0.3, 0.4) is 0 Å². The highest BCUT2D eigenvalue weighted by molar-refractivity contribution is 8.27. The molecule has 24 heavy (non-hydrogen) atoms. The summed E-state index contributed by atoms with van der Waals surface area (Å²) in [6.07, 6.45) is 0.728. The number of nitrogens with zero attached hydrogens (tertiary/aromatic N) is 2. The summed E-state index contributed by atoms with van der Waals surface area (Å²) in [7, 11) is -1.54. The van der Waals surface area contributed by atoms with E-state index in [1.165, 1.54) is 10.4 Å². The number of rotatable bonds is 5. The summed E-state index contributed by atoms with van der Waals surface area (Å²) in [5.41, 5.74) is 1.46. The van der Waals surface area contributed by atoms with E-state index in [-0.39, 0.29) is 11.7 Å². The smallest absolute Gasteiger partial charge is 0.148 e. The molecule has 0 aromatic heterocycles. The Morgan fingerprint density at radius 1 is 1.04 bits per heavy atom. The molecule has 1 atom stereocenters. The van der Waals surface area contributed by atoms with Crippen molar-refractivity contribution in [3.8, 4) is 0 Å². The van der Waals surface area contributed by atoms with Crippen LogP contribution in [0.5, 0.6) is 0 Å². The highest BCUT2D eigenvalue weighted by Gasteiger charge is 2.44. The Morgan fingerprint density at radius 2 is 1.62 bits per heavy atom. The van der Waals surface area contributed by atoms with Crippen LogP contribution in [-0.2, 0) is 0 Å². The van der Waals surface area contributed by atoms with Crippen LogP contribution in [0.2, 0.25) is 0 Å². The van der Waals surface area contributed by atoms with Crippen molar-refractivity contribution in [1.29, 1.82) is 0 Å². The Labute approximate surface area is 143 Å². The van der Waals surface area contributed by atoms with Gasteiger partial charge in [0.1, 0.15) is 11.5 Å². The predicted molar refractivity (Wildman–Crippen MR) is 98.3 cm³/mol. The molecule has 0 fully saturated rings. The van der Waals surface area contributed by atoms with Gasteiger partial charge in [-0.2, -0.15) is 0 Å². The number of para-hydroxylation sites is 3. The summed E-state index contributed by atoms with van der Waals surface area (Å²) in [6.45, 7) is 2.68. The zero-order chi connectivity index (χ0) is 17.3. The standard InChI is InChI=1S/C17H22FN3O2S/c1-13(11-12-19-2)20-16-9-5-6-10-17(16)21(24(20,22)23)15-8-4-3-7-14(15)18/h3-10,13,19,22-23H,11-12H2,1-2H3. The summed E-state index contributed by atoms with van der Waals surface area (Å²) in [6, 6.07) is 13.3. The molecule has 2 aromatic rings. The highest BCUT2D eigenvalue weighted by atomic mass is 32.3. The number of anilines is 3. The number of hydrogen-bond acceptors (Lipinski definition) is 5. The number of hydrogen-bond donors (Lipinski definition) is 3. The monoisotopic (exact) mass is 351 g/mol. The van der Waals surface area contributed by atoms with Crippen molar-refractivity contribution in [2.24, 2.45) is 0 Å². The maximum atomic E-state index is 14.3. The largest absolute Gasteiger partial charge is 0.320 e. The summed E-state index contributed by atoms with van der Waals surface area (Å²) < 4.78 is 39.2. The van der Waals surface area contributed by atoms with Gasteiger partial charge in [-0.25, -0.2) is 13.0 Å². The van der Waals surface area contributed by atoms with Gasteiger partial charge in [0, 0.05) is 0 Å². The third-order valence-corrected chi connectivity index (χ3v) is 6.10. The Morgan fingerprint density at radius 3 is 2.25 bits per heavy atom. The van der Waals surface area contributed by atoms with E-state index in [1.807, 2.05) is 32.2 Å². The molecular weight excluding hydrogens is 329 g/mol. The first-order valence-corrected chi connectivity index (χ1v) is 9.30. The van der Waals surface area contributed by atoms with E-state index in [4.69, 9.17) is 0 Å². The predicted octanol–water partition coefficient (Wildman–Crippen LogP) is 4.36. The number of fused-ring (bicyclic) bond motifs is 1. The molecule has 130 valence electrons. The van der Waals surface area contributed by atoms with Crippen molar-refractivity contribution in [3.05, 3.63) is 54.3 Å². The second-order valence-corrected chi connectivity index (χ2v) is 7.53. The van der Waals surface area contributed by atoms with Crippen molar-refractivity contribution in [2.45, 2.75) is 19.4 Å². The second kappa shape index (κ2) is 6.60. The molecule has 1 aliphatic heterocycles. The Bertz CT molecular complexity index is 728. The quantitative estimate of drug-likeness (QED) is 0.747. The fraction of sp³-hybridized carbons (Fsp3) is 0.294. The molecule has 0 saturated carbocycles. The molecule has 0 radical (unpaired) electrons. The first-order valence-electron chi connectivity index (χ1n) is 7.84. The lowest BCUT2D eigenvalue weighted by molar-refractivity contribution is 0.472. The van der Waals surface area contributed by atoms with Crippen LogP contribution in [-0.4, -0.2) is 28.7 Å². The van der Waals surface area contributed by atoms with E-state index in [2.05, 4.69) is 5.32 Å². The minimum Gasteiger partial charge on any atom is -0.320 e. The Kier molecular flexibility index (Phi) is 4.69. The van der Waals surface area contributed by atoms with Crippen LogP contribution in [0.4, 0.5) is 21.5 Å². The first kappa shape index (κ1) is 17.0. The molecule has 5 nitrogen and oxygen atoms in total. The molecule has 1 aliphatic rings.